The number of anilines is 1. The summed E-state index contributed by atoms with van der Waals surface area (Å²) in [7, 11) is 0. The normalized spacial score (nSPS) is 14.8. The van der Waals surface area contributed by atoms with Gasteiger partial charge in [-0.2, -0.15) is 0 Å². The van der Waals surface area contributed by atoms with Crippen LogP contribution < -0.4 is 15.4 Å². The molecule has 1 atom stereocenters. The van der Waals surface area contributed by atoms with Gasteiger partial charge in [-0.25, -0.2) is 4.39 Å². The van der Waals surface area contributed by atoms with E-state index in [-0.39, 0.29) is 18.4 Å². The maximum absolute atomic E-state index is 13.1. The predicted octanol–water partition coefficient (Wildman–Crippen LogP) is 3.34. The number of carbonyl (C=O) groups excluding carboxylic acids is 2. The standard InChI is InChI=1S/C22H26FN3O3S/c1-22(2,13-27)26-30-18-11-9-17(10-12-18)24-21(29)19(14-3-4-14)25-20(28)15-5-7-16(23)8-6-15/h5-12,14,19,26-27H,3-4,13H2,1-2H3,(H,24,29)(H,25,28). The zero-order chi connectivity index (χ0) is 21.7. The third-order valence-corrected chi connectivity index (χ3v) is 5.89. The fourth-order valence-corrected chi connectivity index (χ4v) is 3.44. The summed E-state index contributed by atoms with van der Waals surface area (Å²) in [4.78, 5) is 26.1. The number of aliphatic hydroxyl groups is 1. The van der Waals surface area contributed by atoms with Crippen LogP contribution in [0.25, 0.3) is 0 Å². The maximum atomic E-state index is 13.1. The van der Waals surface area contributed by atoms with Crippen LogP contribution in [0.15, 0.2) is 53.4 Å². The van der Waals surface area contributed by atoms with Crippen molar-refractivity contribution in [2.75, 3.05) is 11.9 Å². The molecule has 0 heterocycles. The molecular formula is C22H26FN3O3S. The molecule has 0 aromatic heterocycles. The second kappa shape index (κ2) is 9.59. The highest BCUT2D eigenvalue weighted by molar-refractivity contribution is 7.97. The van der Waals surface area contributed by atoms with Crippen molar-refractivity contribution in [1.29, 1.82) is 0 Å². The summed E-state index contributed by atoms with van der Waals surface area (Å²) >= 11 is 1.40. The molecule has 8 heteroatoms. The largest absolute Gasteiger partial charge is 0.394 e. The Hall–Kier alpha value is -2.42. The summed E-state index contributed by atoms with van der Waals surface area (Å²) in [6.07, 6.45) is 1.76. The average Bonchev–Trinajstić information content (AvgIpc) is 3.57. The monoisotopic (exact) mass is 431 g/mol. The van der Waals surface area contributed by atoms with Gasteiger partial charge < -0.3 is 15.7 Å². The lowest BCUT2D eigenvalue weighted by Crippen LogP contribution is -2.45. The Kier molecular flexibility index (Phi) is 7.12. The van der Waals surface area contributed by atoms with Crippen molar-refractivity contribution in [2.45, 2.75) is 43.2 Å². The van der Waals surface area contributed by atoms with Crippen LogP contribution in [0.3, 0.4) is 0 Å². The summed E-state index contributed by atoms with van der Waals surface area (Å²) in [5.74, 6) is -0.979. The van der Waals surface area contributed by atoms with Gasteiger partial charge in [-0.3, -0.25) is 14.3 Å². The van der Waals surface area contributed by atoms with Crippen molar-refractivity contribution in [3.63, 3.8) is 0 Å². The van der Waals surface area contributed by atoms with Gasteiger partial charge in [-0.05, 0) is 93.1 Å². The first-order valence-corrected chi connectivity index (χ1v) is 10.6. The minimum absolute atomic E-state index is 0.0142. The van der Waals surface area contributed by atoms with Crippen LogP contribution in [0, 0.1) is 11.7 Å². The van der Waals surface area contributed by atoms with Gasteiger partial charge in [0.1, 0.15) is 11.9 Å². The molecule has 2 amide bonds. The molecule has 6 nitrogen and oxygen atoms in total. The summed E-state index contributed by atoms with van der Waals surface area (Å²) in [5, 5.41) is 14.9. The lowest BCUT2D eigenvalue weighted by Gasteiger charge is -2.22. The molecular weight excluding hydrogens is 405 g/mol. The second-order valence-electron chi connectivity index (χ2n) is 8.06. The van der Waals surface area contributed by atoms with Gasteiger partial charge in [0.05, 0.1) is 6.61 Å². The Morgan fingerprint density at radius 3 is 2.33 bits per heavy atom. The minimum Gasteiger partial charge on any atom is -0.394 e. The number of aliphatic hydroxyl groups excluding tert-OH is 1. The second-order valence-corrected chi connectivity index (χ2v) is 8.93. The van der Waals surface area contributed by atoms with Crippen molar-refractivity contribution in [2.24, 2.45) is 5.92 Å². The van der Waals surface area contributed by atoms with Crippen LogP contribution >= 0.6 is 11.9 Å². The first-order chi connectivity index (χ1) is 14.3. The van der Waals surface area contributed by atoms with E-state index in [1.165, 1.54) is 36.2 Å². The van der Waals surface area contributed by atoms with E-state index in [0.717, 1.165) is 17.7 Å². The number of nitrogens with one attached hydrogen (secondary N) is 3. The van der Waals surface area contributed by atoms with Crippen LogP contribution in [-0.4, -0.2) is 35.1 Å². The highest BCUT2D eigenvalue weighted by atomic mass is 32.2. The SMILES string of the molecule is CC(C)(CO)NSc1ccc(NC(=O)C(NC(=O)c2ccc(F)cc2)C2CC2)cc1. The molecule has 1 aliphatic rings. The third kappa shape index (κ3) is 6.29. The number of halogens is 1. The molecule has 30 heavy (non-hydrogen) atoms. The number of rotatable bonds is 9. The topological polar surface area (TPSA) is 90.5 Å². The molecule has 4 N–H and O–H groups in total. The molecule has 2 aromatic rings. The van der Waals surface area contributed by atoms with Crippen LogP contribution in [0.5, 0.6) is 0 Å². The molecule has 0 aliphatic heterocycles. The molecule has 160 valence electrons. The highest BCUT2D eigenvalue weighted by Crippen LogP contribution is 2.33. The molecule has 0 spiro atoms. The van der Waals surface area contributed by atoms with Crippen LogP contribution in [-0.2, 0) is 4.79 Å². The maximum Gasteiger partial charge on any atom is 0.251 e. The Labute approximate surface area is 179 Å². The van der Waals surface area contributed by atoms with E-state index >= 15 is 0 Å². The predicted molar refractivity (Wildman–Crippen MR) is 116 cm³/mol. The van der Waals surface area contributed by atoms with Gasteiger partial charge in [-0.15, -0.1) is 0 Å². The summed E-state index contributed by atoms with van der Waals surface area (Å²) < 4.78 is 16.2. The summed E-state index contributed by atoms with van der Waals surface area (Å²) in [6, 6.07) is 11.9. The van der Waals surface area contributed by atoms with Crippen molar-refractivity contribution in [1.82, 2.24) is 10.0 Å². The smallest absolute Gasteiger partial charge is 0.251 e. The van der Waals surface area contributed by atoms with Crippen molar-refractivity contribution in [3.8, 4) is 0 Å². The molecule has 1 fully saturated rings. The van der Waals surface area contributed by atoms with E-state index < -0.39 is 23.3 Å². The number of hydrogen-bond donors (Lipinski definition) is 4. The number of benzene rings is 2. The van der Waals surface area contributed by atoms with Crippen molar-refractivity contribution >= 4 is 29.4 Å². The fraction of sp³-hybridized carbons (Fsp3) is 0.364. The van der Waals surface area contributed by atoms with E-state index in [4.69, 9.17) is 0 Å². The number of carbonyl (C=O) groups is 2. The molecule has 1 saturated carbocycles. The van der Waals surface area contributed by atoms with Gasteiger partial charge >= 0.3 is 0 Å². The molecule has 3 rings (SSSR count). The van der Waals surface area contributed by atoms with Gasteiger partial charge in [0.25, 0.3) is 5.91 Å². The van der Waals surface area contributed by atoms with Gasteiger partial charge in [0.15, 0.2) is 0 Å². The molecule has 0 bridgehead atoms. The molecule has 1 unspecified atom stereocenters. The van der Waals surface area contributed by atoms with E-state index in [1.54, 1.807) is 12.1 Å². The average molecular weight is 432 g/mol. The third-order valence-electron chi connectivity index (χ3n) is 4.73. The lowest BCUT2D eigenvalue weighted by molar-refractivity contribution is -0.118. The lowest BCUT2D eigenvalue weighted by atomic mass is 10.1. The van der Waals surface area contributed by atoms with E-state index in [2.05, 4.69) is 15.4 Å². The Bertz CT molecular complexity index is 884. The van der Waals surface area contributed by atoms with Crippen LogP contribution in [0.4, 0.5) is 10.1 Å². The fourth-order valence-electron chi connectivity index (χ4n) is 2.71. The minimum atomic E-state index is -0.636. The number of amides is 2. The summed E-state index contributed by atoms with van der Waals surface area (Å²) in [6.45, 7) is 3.81. The Balaban J connectivity index is 1.58. The zero-order valence-corrected chi connectivity index (χ0v) is 17.8. The molecule has 2 aromatic carbocycles. The highest BCUT2D eigenvalue weighted by Gasteiger charge is 2.37. The quantitative estimate of drug-likeness (QED) is 0.457. The van der Waals surface area contributed by atoms with Gasteiger partial charge in [-0.1, -0.05) is 0 Å². The van der Waals surface area contributed by atoms with E-state index in [0.29, 0.717) is 11.3 Å². The van der Waals surface area contributed by atoms with Gasteiger partial charge in [0.2, 0.25) is 5.91 Å². The Morgan fingerprint density at radius 1 is 1.13 bits per heavy atom. The molecule has 0 saturated heterocycles. The molecule has 0 radical (unpaired) electrons. The van der Waals surface area contributed by atoms with Crippen molar-refractivity contribution < 1.29 is 19.1 Å². The van der Waals surface area contributed by atoms with E-state index in [9.17, 15) is 19.1 Å². The van der Waals surface area contributed by atoms with E-state index in [1.807, 2.05) is 26.0 Å². The first-order valence-electron chi connectivity index (χ1n) is 9.80. The summed E-state index contributed by atoms with van der Waals surface area (Å²) in [5.41, 5.74) is 0.541. The zero-order valence-electron chi connectivity index (χ0n) is 16.9. The Morgan fingerprint density at radius 2 is 1.77 bits per heavy atom. The number of hydrogen-bond acceptors (Lipinski definition) is 5. The first kappa shape index (κ1) is 22.3. The van der Waals surface area contributed by atoms with Gasteiger partial charge in [0, 0.05) is 21.7 Å². The van der Waals surface area contributed by atoms with Crippen molar-refractivity contribution in [3.05, 3.63) is 59.9 Å². The van der Waals surface area contributed by atoms with Crippen LogP contribution in [0.1, 0.15) is 37.0 Å². The molecule has 1 aliphatic carbocycles. The van der Waals surface area contributed by atoms with Crippen LogP contribution in [0.2, 0.25) is 0 Å².